The monoisotopic (exact) mass is 446 g/mol. The summed E-state index contributed by atoms with van der Waals surface area (Å²) in [5.74, 6) is 2.16. The molecular formula is C27H30N2O4. The molecule has 1 atom stereocenters. The second-order valence-corrected chi connectivity index (χ2v) is 8.31. The maximum absolute atomic E-state index is 13.4. The van der Waals surface area contributed by atoms with E-state index in [9.17, 15) is 4.79 Å². The Morgan fingerprint density at radius 2 is 1.73 bits per heavy atom. The number of amides is 1. The topological polar surface area (TPSA) is 60.9 Å². The van der Waals surface area contributed by atoms with Gasteiger partial charge >= 0.3 is 0 Å². The first-order valence-corrected chi connectivity index (χ1v) is 11.2. The molecule has 0 aliphatic carbocycles. The maximum atomic E-state index is 13.4. The number of carbonyl (C=O) groups is 1. The fourth-order valence-electron chi connectivity index (χ4n) is 4.42. The molecule has 3 aromatic rings. The first-order valence-electron chi connectivity index (χ1n) is 11.2. The second kappa shape index (κ2) is 9.94. The van der Waals surface area contributed by atoms with E-state index in [0.717, 1.165) is 47.7 Å². The van der Waals surface area contributed by atoms with Crippen LogP contribution in [0.5, 0.6) is 17.2 Å². The molecule has 6 heteroatoms. The first-order chi connectivity index (χ1) is 16.0. The molecule has 1 unspecified atom stereocenters. The SMILES string of the molecule is COc1cccc(-c2cc(C)nc(C3CCCN(C(=O)c4ccc(OC)cc4OC)C3)c2)c1. The lowest BCUT2D eigenvalue weighted by molar-refractivity contribution is 0.0702. The number of hydrogen-bond donors (Lipinski definition) is 0. The lowest BCUT2D eigenvalue weighted by Crippen LogP contribution is -2.39. The van der Waals surface area contributed by atoms with Crippen LogP contribution in [0, 0.1) is 6.92 Å². The molecule has 0 radical (unpaired) electrons. The standard InChI is InChI=1S/C27H30N2O4/c1-18-13-21(19-7-5-9-22(14-19)31-2)15-25(28-18)20-8-6-12-29(17-20)27(30)24-11-10-23(32-3)16-26(24)33-4/h5,7,9-11,13-16,20H,6,8,12,17H2,1-4H3. The third-order valence-electron chi connectivity index (χ3n) is 6.14. The average molecular weight is 447 g/mol. The van der Waals surface area contributed by atoms with Gasteiger partial charge in [0.2, 0.25) is 0 Å². The average Bonchev–Trinajstić information content (AvgIpc) is 2.87. The van der Waals surface area contributed by atoms with Crippen LogP contribution in [0.25, 0.3) is 11.1 Å². The van der Waals surface area contributed by atoms with E-state index in [2.05, 4.69) is 18.2 Å². The molecule has 2 aromatic carbocycles. The van der Waals surface area contributed by atoms with E-state index in [4.69, 9.17) is 19.2 Å². The summed E-state index contributed by atoms with van der Waals surface area (Å²) in [6, 6.07) is 17.6. The van der Waals surface area contributed by atoms with E-state index < -0.39 is 0 Å². The number of ether oxygens (including phenoxy) is 3. The summed E-state index contributed by atoms with van der Waals surface area (Å²) >= 11 is 0. The molecule has 2 heterocycles. The summed E-state index contributed by atoms with van der Waals surface area (Å²) in [6.07, 6.45) is 1.93. The molecule has 0 N–H and O–H groups in total. The van der Waals surface area contributed by atoms with Crippen LogP contribution in [0.15, 0.2) is 54.6 Å². The third kappa shape index (κ3) is 4.95. The highest BCUT2D eigenvalue weighted by atomic mass is 16.5. The lowest BCUT2D eigenvalue weighted by atomic mass is 9.91. The molecular weight excluding hydrogens is 416 g/mol. The summed E-state index contributed by atoms with van der Waals surface area (Å²) < 4.78 is 16.1. The van der Waals surface area contributed by atoms with Crippen LogP contribution in [0.2, 0.25) is 0 Å². The highest BCUT2D eigenvalue weighted by Gasteiger charge is 2.28. The fourth-order valence-corrected chi connectivity index (χ4v) is 4.42. The number of pyridine rings is 1. The minimum atomic E-state index is -0.0279. The van der Waals surface area contributed by atoms with Gasteiger partial charge in [0, 0.05) is 36.5 Å². The van der Waals surface area contributed by atoms with Crippen LogP contribution in [-0.2, 0) is 0 Å². The maximum Gasteiger partial charge on any atom is 0.257 e. The van der Waals surface area contributed by atoms with Crippen molar-refractivity contribution in [3.8, 4) is 28.4 Å². The molecule has 172 valence electrons. The van der Waals surface area contributed by atoms with Crippen molar-refractivity contribution in [2.24, 2.45) is 0 Å². The Hall–Kier alpha value is -3.54. The summed E-state index contributed by atoms with van der Waals surface area (Å²) in [5.41, 5.74) is 4.73. The summed E-state index contributed by atoms with van der Waals surface area (Å²) in [6.45, 7) is 3.36. The Morgan fingerprint density at radius 1 is 0.939 bits per heavy atom. The van der Waals surface area contributed by atoms with Crippen LogP contribution in [0.4, 0.5) is 0 Å². The van der Waals surface area contributed by atoms with Gasteiger partial charge in [-0.05, 0) is 67.3 Å². The van der Waals surface area contributed by atoms with Gasteiger partial charge in [0.15, 0.2) is 0 Å². The van der Waals surface area contributed by atoms with Gasteiger partial charge in [-0.2, -0.15) is 0 Å². The number of carbonyl (C=O) groups excluding carboxylic acids is 1. The molecule has 0 spiro atoms. The predicted octanol–water partition coefficient (Wildman–Crippen LogP) is 5.10. The van der Waals surface area contributed by atoms with Crippen LogP contribution in [-0.4, -0.2) is 50.2 Å². The Bertz CT molecular complexity index is 1140. The van der Waals surface area contributed by atoms with Crippen molar-refractivity contribution in [3.05, 3.63) is 71.5 Å². The normalized spacial score (nSPS) is 15.8. The molecule has 6 nitrogen and oxygen atoms in total. The van der Waals surface area contributed by atoms with Crippen molar-refractivity contribution in [1.29, 1.82) is 0 Å². The molecule has 4 rings (SSSR count). The van der Waals surface area contributed by atoms with Crippen LogP contribution in [0.1, 0.15) is 40.5 Å². The highest BCUT2D eigenvalue weighted by Crippen LogP contribution is 2.32. The smallest absolute Gasteiger partial charge is 0.257 e. The van der Waals surface area contributed by atoms with Crippen molar-refractivity contribution in [3.63, 3.8) is 0 Å². The van der Waals surface area contributed by atoms with Gasteiger partial charge in [-0.25, -0.2) is 0 Å². The van der Waals surface area contributed by atoms with Gasteiger partial charge in [-0.3, -0.25) is 9.78 Å². The van der Waals surface area contributed by atoms with Crippen molar-refractivity contribution >= 4 is 5.91 Å². The van der Waals surface area contributed by atoms with E-state index in [1.54, 1.807) is 39.5 Å². The molecule has 1 aromatic heterocycles. The Balaban J connectivity index is 1.59. The lowest BCUT2D eigenvalue weighted by Gasteiger charge is -2.33. The second-order valence-electron chi connectivity index (χ2n) is 8.31. The molecule has 1 aliphatic heterocycles. The van der Waals surface area contributed by atoms with E-state index in [-0.39, 0.29) is 11.8 Å². The quantitative estimate of drug-likeness (QED) is 0.527. The van der Waals surface area contributed by atoms with Crippen molar-refractivity contribution < 1.29 is 19.0 Å². The summed E-state index contributed by atoms with van der Waals surface area (Å²) in [5, 5.41) is 0. The van der Waals surface area contributed by atoms with E-state index in [0.29, 0.717) is 23.6 Å². The number of hydrogen-bond acceptors (Lipinski definition) is 5. The Kier molecular flexibility index (Phi) is 6.82. The number of aromatic nitrogens is 1. The van der Waals surface area contributed by atoms with Gasteiger partial charge in [-0.1, -0.05) is 12.1 Å². The van der Waals surface area contributed by atoms with Gasteiger partial charge < -0.3 is 19.1 Å². The number of rotatable bonds is 6. The molecule has 1 aliphatic rings. The van der Waals surface area contributed by atoms with Gasteiger partial charge in [0.05, 0.1) is 26.9 Å². The van der Waals surface area contributed by atoms with E-state index in [1.807, 2.05) is 30.0 Å². The molecule has 33 heavy (non-hydrogen) atoms. The van der Waals surface area contributed by atoms with Gasteiger partial charge in [-0.15, -0.1) is 0 Å². The number of piperidine rings is 1. The predicted molar refractivity (Wildman–Crippen MR) is 128 cm³/mol. The minimum Gasteiger partial charge on any atom is -0.497 e. The van der Waals surface area contributed by atoms with Gasteiger partial charge in [0.1, 0.15) is 17.2 Å². The van der Waals surface area contributed by atoms with Crippen molar-refractivity contribution in [2.75, 3.05) is 34.4 Å². The van der Waals surface area contributed by atoms with Crippen LogP contribution < -0.4 is 14.2 Å². The molecule has 0 bridgehead atoms. The number of likely N-dealkylation sites (tertiary alicyclic amines) is 1. The largest absolute Gasteiger partial charge is 0.497 e. The number of methoxy groups -OCH3 is 3. The third-order valence-corrected chi connectivity index (χ3v) is 6.14. The minimum absolute atomic E-state index is 0.0279. The fraction of sp³-hybridized carbons (Fsp3) is 0.333. The van der Waals surface area contributed by atoms with Crippen molar-refractivity contribution in [1.82, 2.24) is 9.88 Å². The zero-order chi connectivity index (χ0) is 23.4. The molecule has 1 saturated heterocycles. The van der Waals surface area contributed by atoms with Gasteiger partial charge in [0.25, 0.3) is 5.91 Å². The number of aryl methyl sites for hydroxylation is 1. The molecule has 1 amide bonds. The zero-order valence-electron chi connectivity index (χ0n) is 19.6. The molecule has 0 saturated carbocycles. The highest BCUT2D eigenvalue weighted by molar-refractivity contribution is 5.97. The summed E-state index contributed by atoms with van der Waals surface area (Å²) in [7, 11) is 4.84. The van der Waals surface area contributed by atoms with E-state index >= 15 is 0 Å². The zero-order valence-corrected chi connectivity index (χ0v) is 19.6. The van der Waals surface area contributed by atoms with Crippen LogP contribution >= 0.6 is 0 Å². The first kappa shape index (κ1) is 22.6. The van der Waals surface area contributed by atoms with Crippen LogP contribution in [0.3, 0.4) is 0 Å². The number of nitrogens with zero attached hydrogens (tertiary/aromatic N) is 2. The van der Waals surface area contributed by atoms with Crippen molar-refractivity contribution in [2.45, 2.75) is 25.7 Å². The Labute approximate surface area is 195 Å². The Morgan fingerprint density at radius 3 is 2.48 bits per heavy atom. The molecule has 1 fully saturated rings. The van der Waals surface area contributed by atoms with E-state index in [1.165, 1.54) is 0 Å². The number of benzene rings is 2. The summed E-state index contributed by atoms with van der Waals surface area (Å²) in [4.78, 5) is 20.1.